The highest BCUT2D eigenvalue weighted by atomic mass is 79.9. The summed E-state index contributed by atoms with van der Waals surface area (Å²) in [6.07, 6.45) is 5.54. The topological polar surface area (TPSA) is 12.5 Å². The molecule has 3 atom stereocenters. The van der Waals surface area contributed by atoms with Gasteiger partial charge in [0.2, 0.25) is 0 Å². The molecule has 0 aromatic heterocycles. The maximum atomic E-state index is 6.21. The summed E-state index contributed by atoms with van der Waals surface area (Å²) in [6, 6.07) is 8.79. The number of anilines is 1. The number of hydrogen-bond acceptors (Lipinski definition) is 2. The van der Waals surface area contributed by atoms with Gasteiger partial charge in [-0.05, 0) is 47.5 Å². The van der Waals surface area contributed by atoms with Crippen molar-refractivity contribution in [3.05, 3.63) is 42.0 Å². The monoisotopic (exact) mass is 305 g/mol. The Morgan fingerprint density at radius 1 is 1.28 bits per heavy atom. The van der Waals surface area contributed by atoms with Crippen molar-refractivity contribution in [1.29, 1.82) is 0 Å². The molecule has 4 rings (SSSR count). The van der Waals surface area contributed by atoms with Gasteiger partial charge in [-0.2, -0.15) is 0 Å². The van der Waals surface area contributed by atoms with Crippen LogP contribution in [0.4, 0.5) is 5.69 Å². The average molecular weight is 306 g/mol. The minimum Gasteiger partial charge on any atom is -0.368 e. The van der Waals surface area contributed by atoms with Crippen molar-refractivity contribution in [2.24, 2.45) is 5.92 Å². The van der Waals surface area contributed by atoms with Gasteiger partial charge >= 0.3 is 0 Å². The number of benzene rings is 1. The number of aryl methyl sites for hydroxylation is 1. The third-order valence-electron chi connectivity index (χ3n) is 4.47. The molecule has 2 fully saturated rings. The molecule has 1 aromatic carbocycles. The third kappa shape index (κ3) is 1.44. The molecule has 0 radical (unpaired) electrons. The molecule has 3 heterocycles. The van der Waals surface area contributed by atoms with Crippen LogP contribution in [0.25, 0.3) is 0 Å². The van der Waals surface area contributed by atoms with Crippen molar-refractivity contribution in [3.63, 3.8) is 0 Å². The highest BCUT2D eigenvalue weighted by molar-refractivity contribution is 9.10. The van der Waals surface area contributed by atoms with E-state index in [0.29, 0.717) is 5.92 Å². The van der Waals surface area contributed by atoms with Crippen LogP contribution in [0.2, 0.25) is 0 Å². The van der Waals surface area contributed by atoms with E-state index in [1.54, 1.807) is 0 Å². The van der Waals surface area contributed by atoms with Gasteiger partial charge in [-0.3, -0.25) is 0 Å². The summed E-state index contributed by atoms with van der Waals surface area (Å²) in [5, 5.41) is 0. The summed E-state index contributed by atoms with van der Waals surface area (Å²) < 4.78 is 6.04. The van der Waals surface area contributed by atoms with E-state index in [0.717, 1.165) is 19.5 Å². The minimum atomic E-state index is -0.170. The molecule has 1 spiro atoms. The van der Waals surface area contributed by atoms with Gasteiger partial charge in [-0.25, -0.2) is 0 Å². The first-order valence-corrected chi connectivity index (χ1v) is 7.29. The Labute approximate surface area is 116 Å². The van der Waals surface area contributed by atoms with E-state index in [4.69, 9.17) is 4.74 Å². The molecule has 2 bridgehead atoms. The average Bonchev–Trinajstić information content (AvgIpc) is 2.91. The molecule has 3 heteroatoms. The maximum absolute atomic E-state index is 6.21. The molecule has 3 aliphatic heterocycles. The lowest BCUT2D eigenvalue weighted by Crippen LogP contribution is -2.33. The van der Waals surface area contributed by atoms with Gasteiger partial charge in [0, 0.05) is 18.2 Å². The summed E-state index contributed by atoms with van der Waals surface area (Å²) in [7, 11) is 0. The molecule has 0 amide bonds. The zero-order valence-corrected chi connectivity index (χ0v) is 12.0. The standard InChI is InChI=1S/C15H16BrNO/c1-11-2-4-13(5-3-11)17-9-12-8-15(16)7-6-14(12,10-17)18-15/h2-7,12H,8-10H2,1H3. The molecular weight excluding hydrogens is 290 g/mol. The molecule has 0 N–H and O–H groups in total. The Kier molecular flexibility index (Phi) is 2.09. The van der Waals surface area contributed by atoms with Crippen molar-refractivity contribution in [3.8, 4) is 0 Å². The van der Waals surface area contributed by atoms with Crippen LogP contribution < -0.4 is 4.90 Å². The van der Waals surface area contributed by atoms with Crippen LogP contribution in [0, 0.1) is 12.8 Å². The molecule has 18 heavy (non-hydrogen) atoms. The summed E-state index contributed by atoms with van der Waals surface area (Å²) >= 11 is 3.69. The van der Waals surface area contributed by atoms with Gasteiger partial charge in [0.15, 0.2) is 0 Å². The van der Waals surface area contributed by atoms with Gasteiger partial charge in [-0.1, -0.05) is 23.8 Å². The molecule has 1 aromatic rings. The largest absolute Gasteiger partial charge is 0.368 e. The quantitative estimate of drug-likeness (QED) is 0.583. The smallest absolute Gasteiger partial charge is 0.143 e. The molecular formula is C15H16BrNO. The zero-order valence-electron chi connectivity index (χ0n) is 10.4. The van der Waals surface area contributed by atoms with E-state index in [1.807, 2.05) is 0 Å². The zero-order chi connectivity index (χ0) is 12.4. The van der Waals surface area contributed by atoms with E-state index >= 15 is 0 Å². The lowest BCUT2D eigenvalue weighted by Gasteiger charge is -2.24. The fourth-order valence-electron chi connectivity index (χ4n) is 3.50. The minimum absolute atomic E-state index is 0.0472. The predicted molar refractivity (Wildman–Crippen MR) is 76.1 cm³/mol. The molecule has 0 aliphatic carbocycles. The number of ether oxygens (including phenoxy) is 1. The number of hydrogen-bond donors (Lipinski definition) is 0. The van der Waals surface area contributed by atoms with E-state index < -0.39 is 0 Å². The fourth-order valence-corrected chi connectivity index (χ4v) is 4.33. The molecule has 94 valence electrons. The number of nitrogens with zero attached hydrogens (tertiary/aromatic N) is 1. The van der Waals surface area contributed by atoms with Crippen LogP contribution in [0.15, 0.2) is 36.4 Å². The van der Waals surface area contributed by atoms with Gasteiger partial charge in [0.25, 0.3) is 0 Å². The number of fused-ring (bicyclic) bond motifs is 1. The molecule has 2 saturated heterocycles. The summed E-state index contributed by atoms with van der Waals surface area (Å²) in [6.45, 7) is 4.20. The van der Waals surface area contributed by atoms with Gasteiger partial charge in [0.05, 0.1) is 6.54 Å². The SMILES string of the molecule is Cc1ccc(N2CC3CC4(Br)C=CC3(C2)O4)cc1. The van der Waals surface area contributed by atoms with Gasteiger partial charge in [-0.15, -0.1) is 0 Å². The van der Waals surface area contributed by atoms with Crippen LogP contribution >= 0.6 is 15.9 Å². The molecule has 2 nitrogen and oxygen atoms in total. The Morgan fingerprint density at radius 3 is 2.72 bits per heavy atom. The molecule has 3 aliphatic rings. The first-order chi connectivity index (χ1) is 8.59. The first kappa shape index (κ1) is 11.1. The van der Waals surface area contributed by atoms with E-state index in [1.165, 1.54) is 11.3 Å². The highest BCUT2D eigenvalue weighted by Gasteiger charge is 2.60. The first-order valence-electron chi connectivity index (χ1n) is 6.50. The number of halogens is 1. The van der Waals surface area contributed by atoms with Crippen molar-refractivity contribution in [2.45, 2.75) is 23.5 Å². The second-order valence-corrected chi connectivity index (χ2v) is 7.14. The summed E-state index contributed by atoms with van der Waals surface area (Å²) in [5.41, 5.74) is 2.58. The van der Waals surface area contributed by atoms with Crippen LogP contribution in [0.3, 0.4) is 0 Å². The fraction of sp³-hybridized carbons (Fsp3) is 0.467. The van der Waals surface area contributed by atoms with Crippen molar-refractivity contribution >= 4 is 21.6 Å². The lowest BCUT2D eigenvalue weighted by molar-refractivity contribution is 0.0225. The Balaban J connectivity index is 1.62. The van der Waals surface area contributed by atoms with Gasteiger partial charge < -0.3 is 9.64 Å². The normalized spacial score (nSPS) is 40.6. The van der Waals surface area contributed by atoms with E-state index in [9.17, 15) is 0 Å². The molecule has 0 saturated carbocycles. The van der Waals surface area contributed by atoms with Crippen LogP contribution in [-0.2, 0) is 4.74 Å². The van der Waals surface area contributed by atoms with E-state index in [-0.39, 0.29) is 10.1 Å². The lowest BCUT2D eigenvalue weighted by atomic mass is 9.86. The maximum Gasteiger partial charge on any atom is 0.143 e. The second kappa shape index (κ2) is 3.40. The summed E-state index contributed by atoms with van der Waals surface area (Å²) in [4.78, 5) is 2.45. The number of rotatable bonds is 1. The van der Waals surface area contributed by atoms with Crippen molar-refractivity contribution in [1.82, 2.24) is 0 Å². The second-order valence-electron chi connectivity index (χ2n) is 5.79. The van der Waals surface area contributed by atoms with Crippen LogP contribution in [0.5, 0.6) is 0 Å². The Bertz CT molecular complexity index is 526. The van der Waals surface area contributed by atoms with Crippen molar-refractivity contribution < 1.29 is 4.74 Å². The highest BCUT2D eigenvalue weighted by Crippen LogP contribution is 2.56. The van der Waals surface area contributed by atoms with E-state index in [2.05, 4.69) is 64.2 Å². The van der Waals surface area contributed by atoms with Crippen LogP contribution in [-0.4, -0.2) is 23.2 Å². The summed E-state index contributed by atoms with van der Waals surface area (Å²) in [5.74, 6) is 0.614. The van der Waals surface area contributed by atoms with Crippen LogP contribution in [0.1, 0.15) is 12.0 Å². The third-order valence-corrected chi connectivity index (χ3v) is 5.22. The predicted octanol–water partition coefficient (Wildman–Crippen LogP) is 3.25. The van der Waals surface area contributed by atoms with Gasteiger partial charge in [0.1, 0.15) is 10.1 Å². The van der Waals surface area contributed by atoms with Crippen molar-refractivity contribution in [2.75, 3.05) is 18.0 Å². The Hall–Kier alpha value is -0.800. The molecule has 3 unspecified atom stereocenters. The number of alkyl halides is 1. The Morgan fingerprint density at radius 2 is 2.06 bits per heavy atom.